The van der Waals surface area contributed by atoms with Gasteiger partial charge in [0.25, 0.3) is 0 Å². The third-order valence-corrected chi connectivity index (χ3v) is 4.35. The number of hydrogen-bond donors (Lipinski definition) is 1. The topological polar surface area (TPSA) is 34.2 Å². The van der Waals surface area contributed by atoms with Gasteiger partial charge in [-0.3, -0.25) is 0 Å². The molecule has 0 bridgehead atoms. The van der Waals surface area contributed by atoms with Crippen molar-refractivity contribution in [2.24, 2.45) is 0 Å². The molecule has 0 fully saturated rings. The first-order valence-corrected chi connectivity index (χ1v) is 8.11. The van der Waals surface area contributed by atoms with Crippen LogP contribution in [0.3, 0.4) is 0 Å². The van der Waals surface area contributed by atoms with Gasteiger partial charge in [-0.1, -0.05) is 20.8 Å². The lowest BCUT2D eigenvalue weighted by atomic mass is 9.85. The van der Waals surface area contributed by atoms with Crippen molar-refractivity contribution in [3.8, 4) is 17.0 Å². The summed E-state index contributed by atoms with van der Waals surface area (Å²) >= 11 is 1.73. The highest BCUT2D eigenvalue weighted by Crippen LogP contribution is 2.35. The Kier molecular flexibility index (Phi) is 5.01. The van der Waals surface area contributed by atoms with Crippen LogP contribution in [0.5, 0.6) is 5.75 Å². The molecule has 1 aromatic heterocycles. The van der Waals surface area contributed by atoms with Gasteiger partial charge in [-0.05, 0) is 30.7 Å². The van der Waals surface area contributed by atoms with Crippen LogP contribution in [0.4, 0.5) is 0 Å². The number of hydrogen-bond acceptors (Lipinski definition) is 4. The molecule has 0 amide bonds. The van der Waals surface area contributed by atoms with E-state index in [1.54, 1.807) is 18.4 Å². The zero-order valence-corrected chi connectivity index (χ0v) is 14.3. The van der Waals surface area contributed by atoms with E-state index in [0.717, 1.165) is 30.0 Å². The average Bonchev–Trinajstić information content (AvgIpc) is 2.92. The Morgan fingerprint density at radius 1 is 1.29 bits per heavy atom. The smallest absolute Gasteiger partial charge is 0.122 e. The van der Waals surface area contributed by atoms with E-state index >= 15 is 0 Å². The normalized spacial score (nSPS) is 11.7. The van der Waals surface area contributed by atoms with Gasteiger partial charge in [-0.25, -0.2) is 4.98 Å². The van der Waals surface area contributed by atoms with Crippen molar-refractivity contribution in [3.05, 3.63) is 34.2 Å². The molecule has 2 aromatic rings. The predicted octanol–water partition coefficient (Wildman–Crippen LogP) is 3.88. The van der Waals surface area contributed by atoms with Crippen LogP contribution in [-0.2, 0) is 11.8 Å². The van der Waals surface area contributed by atoms with E-state index in [4.69, 9.17) is 9.72 Å². The molecule has 0 atom stereocenters. The third-order valence-electron chi connectivity index (χ3n) is 3.44. The highest BCUT2D eigenvalue weighted by Gasteiger charge is 2.20. The molecule has 114 valence electrons. The fourth-order valence-electron chi connectivity index (χ4n) is 2.24. The van der Waals surface area contributed by atoms with Crippen molar-refractivity contribution in [3.63, 3.8) is 0 Å². The first kappa shape index (κ1) is 16.0. The van der Waals surface area contributed by atoms with Gasteiger partial charge in [0, 0.05) is 29.5 Å². The summed E-state index contributed by atoms with van der Waals surface area (Å²) in [6.45, 7) is 7.57. The second-order valence-corrected chi connectivity index (χ2v) is 7.09. The van der Waals surface area contributed by atoms with E-state index in [2.05, 4.69) is 43.6 Å². The molecule has 0 spiro atoms. The van der Waals surface area contributed by atoms with Crippen LogP contribution in [0.2, 0.25) is 0 Å². The summed E-state index contributed by atoms with van der Waals surface area (Å²) < 4.78 is 5.49. The fraction of sp³-hybridized carbons (Fsp3) is 0.471. The van der Waals surface area contributed by atoms with Crippen LogP contribution in [-0.4, -0.2) is 25.7 Å². The summed E-state index contributed by atoms with van der Waals surface area (Å²) in [4.78, 5) is 4.73. The van der Waals surface area contributed by atoms with Gasteiger partial charge < -0.3 is 10.1 Å². The lowest BCUT2D eigenvalue weighted by Gasteiger charge is -2.22. The van der Waals surface area contributed by atoms with Crippen molar-refractivity contribution in [1.82, 2.24) is 10.3 Å². The molecule has 1 heterocycles. The van der Waals surface area contributed by atoms with Crippen molar-refractivity contribution in [2.45, 2.75) is 32.6 Å². The van der Waals surface area contributed by atoms with Crippen molar-refractivity contribution in [1.29, 1.82) is 0 Å². The van der Waals surface area contributed by atoms with Crippen LogP contribution in [0.25, 0.3) is 11.3 Å². The van der Waals surface area contributed by atoms with Crippen LogP contribution in [0.15, 0.2) is 23.6 Å². The van der Waals surface area contributed by atoms with Gasteiger partial charge >= 0.3 is 0 Å². The van der Waals surface area contributed by atoms with Gasteiger partial charge in [0.2, 0.25) is 0 Å². The van der Waals surface area contributed by atoms with E-state index in [1.165, 1.54) is 10.6 Å². The van der Waals surface area contributed by atoms with Crippen LogP contribution in [0.1, 0.15) is 31.3 Å². The first-order valence-electron chi connectivity index (χ1n) is 7.23. The van der Waals surface area contributed by atoms with Gasteiger partial charge in [0.1, 0.15) is 5.75 Å². The zero-order chi connectivity index (χ0) is 15.5. The minimum Gasteiger partial charge on any atom is -0.496 e. The summed E-state index contributed by atoms with van der Waals surface area (Å²) in [5, 5.41) is 6.47. The monoisotopic (exact) mass is 304 g/mol. The molecule has 0 unspecified atom stereocenters. The Hall–Kier alpha value is -1.39. The number of thiazole rings is 1. The minimum atomic E-state index is 0.0480. The largest absolute Gasteiger partial charge is 0.496 e. The van der Waals surface area contributed by atoms with Crippen LogP contribution in [0, 0.1) is 0 Å². The SMILES string of the molecule is CNCCc1nc(-c2ccc(OC)c(C(C)(C)C)c2)cs1. The number of likely N-dealkylation sites (N-methyl/N-ethyl adjacent to an activating group) is 1. The van der Waals surface area contributed by atoms with E-state index < -0.39 is 0 Å². The Labute approximate surface area is 131 Å². The van der Waals surface area contributed by atoms with Crippen molar-refractivity contribution >= 4 is 11.3 Å². The minimum absolute atomic E-state index is 0.0480. The van der Waals surface area contributed by atoms with Crippen LogP contribution >= 0.6 is 11.3 Å². The summed E-state index contributed by atoms with van der Waals surface area (Å²) in [6, 6.07) is 6.34. The second kappa shape index (κ2) is 6.58. The number of ether oxygens (including phenoxy) is 1. The maximum Gasteiger partial charge on any atom is 0.122 e. The molecule has 0 saturated heterocycles. The second-order valence-electron chi connectivity index (χ2n) is 6.15. The molecule has 1 aromatic carbocycles. The first-order chi connectivity index (χ1) is 9.95. The zero-order valence-electron chi connectivity index (χ0n) is 13.5. The maximum absolute atomic E-state index is 5.49. The van der Waals surface area contributed by atoms with Gasteiger partial charge in [-0.15, -0.1) is 11.3 Å². The molecular weight excluding hydrogens is 280 g/mol. The highest BCUT2D eigenvalue weighted by atomic mass is 32.1. The molecular formula is C17H24N2OS. The Morgan fingerprint density at radius 2 is 2.05 bits per heavy atom. The maximum atomic E-state index is 5.49. The highest BCUT2D eigenvalue weighted by molar-refractivity contribution is 7.09. The van der Waals surface area contributed by atoms with Crippen LogP contribution < -0.4 is 10.1 Å². The lowest BCUT2D eigenvalue weighted by molar-refractivity contribution is 0.397. The van der Waals surface area contributed by atoms with Gasteiger partial charge in [0.15, 0.2) is 0 Å². The lowest BCUT2D eigenvalue weighted by Crippen LogP contribution is -2.13. The van der Waals surface area contributed by atoms with Crippen molar-refractivity contribution in [2.75, 3.05) is 20.7 Å². The summed E-state index contributed by atoms with van der Waals surface area (Å²) in [5.41, 5.74) is 3.48. The van der Waals surface area contributed by atoms with E-state index in [0.29, 0.717) is 0 Å². The Bertz CT molecular complexity index is 599. The molecule has 0 saturated carbocycles. The molecule has 3 nitrogen and oxygen atoms in total. The number of methoxy groups -OCH3 is 1. The molecule has 0 aliphatic heterocycles. The number of aromatic nitrogens is 1. The third kappa shape index (κ3) is 3.83. The van der Waals surface area contributed by atoms with E-state index in [9.17, 15) is 0 Å². The molecule has 0 radical (unpaired) electrons. The molecule has 2 rings (SSSR count). The fourth-order valence-corrected chi connectivity index (χ4v) is 3.05. The standard InChI is InChI=1S/C17H24N2OS/c1-17(2,3)13-10-12(6-7-15(13)20-5)14-11-21-16(19-14)8-9-18-4/h6-7,10-11,18H,8-9H2,1-5H3. The average molecular weight is 304 g/mol. The molecule has 1 N–H and O–H groups in total. The van der Waals surface area contributed by atoms with E-state index in [1.807, 2.05) is 13.1 Å². The molecule has 0 aliphatic rings. The Balaban J connectivity index is 2.34. The molecule has 4 heteroatoms. The number of nitrogens with one attached hydrogen (secondary N) is 1. The predicted molar refractivity (Wildman–Crippen MR) is 90.4 cm³/mol. The number of benzene rings is 1. The Morgan fingerprint density at radius 3 is 2.67 bits per heavy atom. The molecule has 21 heavy (non-hydrogen) atoms. The number of rotatable bonds is 5. The summed E-state index contributed by atoms with van der Waals surface area (Å²) in [5.74, 6) is 0.942. The van der Waals surface area contributed by atoms with Crippen molar-refractivity contribution < 1.29 is 4.74 Å². The van der Waals surface area contributed by atoms with Gasteiger partial charge in [-0.2, -0.15) is 0 Å². The van der Waals surface area contributed by atoms with Gasteiger partial charge in [0.05, 0.1) is 17.8 Å². The van der Waals surface area contributed by atoms with E-state index in [-0.39, 0.29) is 5.41 Å². The quantitative estimate of drug-likeness (QED) is 0.910. The molecule has 0 aliphatic carbocycles. The summed E-state index contributed by atoms with van der Waals surface area (Å²) in [7, 11) is 3.69. The summed E-state index contributed by atoms with van der Waals surface area (Å²) in [6.07, 6.45) is 0.976. The number of nitrogens with zero attached hydrogens (tertiary/aromatic N) is 1.